The number of methoxy groups -OCH3 is 1. The Kier molecular flexibility index (Phi) is 4.34. The molecule has 8 heteroatoms. The number of carbonyl (C=O) groups is 1. The highest BCUT2D eigenvalue weighted by atomic mass is 79.9. The first-order valence-corrected chi connectivity index (χ1v) is 7.13. The normalized spacial score (nSPS) is 10.2. The highest BCUT2D eigenvalue weighted by molar-refractivity contribution is 9.13. The molecule has 0 atom stereocenters. The molecule has 2 rings (SSSR count). The molecular formula is C13H8Br2FN3O2. The van der Waals surface area contributed by atoms with E-state index < -0.39 is 11.8 Å². The highest BCUT2D eigenvalue weighted by Gasteiger charge is 2.23. The molecule has 108 valence electrons. The van der Waals surface area contributed by atoms with Gasteiger partial charge in [0.2, 0.25) is 0 Å². The van der Waals surface area contributed by atoms with Gasteiger partial charge in [-0.25, -0.2) is 9.18 Å². The molecule has 0 saturated carbocycles. The van der Waals surface area contributed by atoms with Crippen molar-refractivity contribution < 1.29 is 13.9 Å². The van der Waals surface area contributed by atoms with Crippen LogP contribution in [0.4, 0.5) is 10.1 Å². The molecule has 1 aromatic heterocycles. The van der Waals surface area contributed by atoms with Crippen LogP contribution in [0.5, 0.6) is 0 Å². The van der Waals surface area contributed by atoms with Crippen LogP contribution in [-0.2, 0) is 4.74 Å². The fourth-order valence-corrected chi connectivity index (χ4v) is 2.45. The summed E-state index contributed by atoms with van der Waals surface area (Å²) < 4.78 is 21.1. The van der Waals surface area contributed by atoms with Crippen LogP contribution in [0.25, 0.3) is 5.69 Å². The quantitative estimate of drug-likeness (QED) is 0.601. The molecule has 0 aliphatic rings. The number of aromatic nitrogens is 1. The number of benzene rings is 1. The summed E-state index contributed by atoms with van der Waals surface area (Å²) >= 11 is 6.44. The van der Waals surface area contributed by atoms with E-state index in [9.17, 15) is 9.18 Å². The molecule has 0 saturated heterocycles. The van der Waals surface area contributed by atoms with E-state index in [1.165, 1.54) is 30.0 Å². The lowest BCUT2D eigenvalue weighted by Crippen LogP contribution is -2.12. The molecule has 1 heterocycles. The Balaban J connectivity index is 2.78. The van der Waals surface area contributed by atoms with Gasteiger partial charge >= 0.3 is 5.97 Å². The third kappa shape index (κ3) is 2.66. The number of esters is 1. The largest absolute Gasteiger partial charge is 0.464 e. The van der Waals surface area contributed by atoms with E-state index in [0.717, 1.165) is 0 Å². The van der Waals surface area contributed by atoms with Gasteiger partial charge in [0.05, 0.1) is 24.0 Å². The summed E-state index contributed by atoms with van der Waals surface area (Å²) in [5.41, 5.74) is 5.74. The highest BCUT2D eigenvalue weighted by Crippen LogP contribution is 2.31. The molecule has 21 heavy (non-hydrogen) atoms. The van der Waals surface area contributed by atoms with E-state index in [2.05, 4.69) is 36.6 Å². The number of halogens is 3. The monoisotopic (exact) mass is 415 g/mol. The first-order chi connectivity index (χ1) is 9.90. The molecule has 0 aliphatic heterocycles. The molecule has 0 aliphatic carbocycles. The van der Waals surface area contributed by atoms with Crippen LogP contribution in [-0.4, -0.2) is 17.6 Å². The number of carbonyl (C=O) groups excluding carboxylic acids is 1. The molecule has 1 aromatic carbocycles. The number of nitriles is 1. The maximum absolute atomic E-state index is 14.2. The minimum Gasteiger partial charge on any atom is -0.464 e. The summed E-state index contributed by atoms with van der Waals surface area (Å²) in [6.07, 6.45) is 1.29. The van der Waals surface area contributed by atoms with Crippen molar-refractivity contribution >= 4 is 43.5 Å². The van der Waals surface area contributed by atoms with E-state index in [0.29, 0.717) is 8.95 Å². The number of ether oxygens (including phenoxy) is 1. The summed E-state index contributed by atoms with van der Waals surface area (Å²) in [4.78, 5) is 11.8. The van der Waals surface area contributed by atoms with Gasteiger partial charge in [0.25, 0.3) is 0 Å². The molecule has 0 amide bonds. The fourth-order valence-electron chi connectivity index (χ4n) is 1.80. The Bertz CT molecular complexity index is 781. The average molecular weight is 417 g/mol. The lowest BCUT2D eigenvalue weighted by atomic mass is 10.2. The van der Waals surface area contributed by atoms with Crippen LogP contribution < -0.4 is 5.73 Å². The number of nitrogens with zero attached hydrogens (tertiary/aromatic N) is 2. The minimum atomic E-state index is -0.757. The molecule has 0 radical (unpaired) electrons. The molecule has 0 unspecified atom stereocenters. The number of nitrogens with two attached hydrogens (primary N) is 1. The van der Waals surface area contributed by atoms with E-state index in [1.807, 2.05) is 6.07 Å². The third-order valence-corrected chi connectivity index (χ3v) is 4.64. The topological polar surface area (TPSA) is 81.0 Å². The van der Waals surface area contributed by atoms with Gasteiger partial charge in [-0.3, -0.25) is 0 Å². The van der Waals surface area contributed by atoms with Gasteiger partial charge in [-0.2, -0.15) is 5.26 Å². The van der Waals surface area contributed by atoms with Crippen LogP contribution in [0.3, 0.4) is 0 Å². The minimum absolute atomic E-state index is 0.0530. The van der Waals surface area contributed by atoms with Crippen molar-refractivity contribution in [3.63, 3.8) is 0 Å². The summed E-state index contributed by atoms with van der Waals surface area (Å²) in [5.74, 6) is -1.35. The van der Waals surface area contributed by atoms with Crippen molar-refractivity contribution in [1.82, 2.24) is 4.57 Å². The lowest BCUT2D eigenvalue weighted by molar-refractivity contribution is 0.0593. The van der Waals surface area contributed by atoms with Crippen molar-refractivity contribution in [1.29, 1.82) is 5.26 Å². The van der Waals surface area contributed by atoms with Crippen LogP contribution in [0.1, 0.15) is 16.1 Å². The molecule has 0 bridgehead atoms. The second-order valence-corrected chi connectivity index (χ2v) is 5.70. The number of rotatable bonds is 2. The maximum Gasteiger partial charge on any atom is 0.357 e. The van der Waals surface area contributed by atoms with Crippen molar-refractivity contribution in [2.75, 3.05) is 12.8 Å². The molecule has 5 nitrogen and oxygen atoms in total. The summed E-state index contributed by atoms with van der Waals surface area (Å²) in [7, 11) is 1.18. The molecule has 0 spiro atoms. The van der Waals surface area contributed by atoms with E-state index in [1.54, 1.807) is 0 Å². The summed E-state index contributed by atoms with van der Waals surface area (Å²) in [5, 5.41) is 9.02. The Morgan fingerprint density at radius 3 is 2.62 bits per heavy atom. The zero-order valence-corrected chi connectivity index (χ0v) is 13.8. The number of hydrogen-bond acceptors (Lipinski definition) is 4. The van der Waals surface area contributed by atoms with Crippen molar-refractivity contribution in [3.8, 4) is 11.8 Å². The molecule has 0 fully saturated rings. The Labute approximate surface area is 136 Å². The smallest absolute Gasteiger partial charge is 0.357 e. The predicted octanol–water partition coefficient (Wildman–Crippen LogP) is 3.38. The maximum atomic E-state index is 14.2. The van der Waals surface area contributed by atoms with Gasteiger partial charge in [0, 0.05) is 15.1 Å². The Hall–Kier alpha value is -1.85. The first kappa shape index (κ1) is 15.5. The lowest BCUT2D eigenvalue weighted by Gasteiger charge is -2.10. The summed E-state index contributed by atoms with van der Waals surface area (Å²) in [6, 6.07) is 4.56. The fraction of sp³-hybridized carbons (Fsp3) is 0.0769. The van der Waals surface area contributed by atoms with Crippen LogP contribution >= 0.6 is 31.9 Å². The summed E-state index contributed by atoms with van der Waals surface area (Å²) in [6.45, 7) is 0. The first-order valence-electron chi connectivity index (χ1n) is 5.54. The van der Waals surface area contributed by atoms with Crippen LogP contribution in [0, 0.1) is 17.1 Å². The van der Waals surface area contributed by atoms with Crippen molar-refractivity contribution in [2.24, 2.45) is 0 Å². The molecule has 2 N–H and O–H groups in total. The van der Waals surface area contributed by atoms with Gasteiger partial charge < -0.3 is 15.0 Å². The van der Waals surface area contributed by atoms with Gasteiger partial charge in [-0.15, -0.1) is 0 Å². The Morgan fingerprint density at radius 2 is 2.05 bits per heavy atom. The average Bonchev–Trinajstić information content (AvgIpc) is 2.78. The number of anilines is 1. The second-order valence-electron chi connectivity index (χ2n) is 4.00. The predicted molar refractivity (Wildman–Crippen MR) is 81.6 cm³/mol. The van der Waals surface area contributed by atoms with Gasteiger partial charge in [-0.1, -0.05) is 0 Å². The van der Waals surface area contributed by atoms with E-state index in [4.69, 9.17) is 11.0 Å². The van der Waals surface area contributed by atoms with Crippen LogP contribution in [0.15, 0.2) is 27.3 Å². The van der Waals surface area contributed by atoms with Gasteiger partial charge in [0.1, 0.15) is 11.9 Å². The van der Waals surface area contributed by atoms with Crippen molar-refractivity contribution in [2.45, 2.75) is 0 Å². The third-order valence-electron chi connectivity index (χ3n) is 2.79. The van der Waals surface area contributed by atoms with Gasteiger partial charge in [0.15, 0.2) is 5.69 Å². The van der Waals surface area contributed by atoms with Crippen molar-refractivity contribution in [3.05, 3.63) is 44.3 Å². The van der Waals surface area contributed by atoms with Gasteiger partial charge in [-0.05, 0) is 44.0 Å². The van der Waals surface area contributed by atoms with E-state index >= 15 is 0 Å². The van der Waals surface area contributed by atoms with Crippen LogP contribution in [0.2, 0.25) is 0 Å². The SMILES string of the molecule is COC(=O)c1c(N)c(C#N)cn1-c1cc(Br)c(Br)cc1F. The number of nitrogen functional groups attached to an aromatic ring is 1. The zero-order valence-electron chi connectivity index (χ0n) is 10.7. The molecule has 2 aromatic rings. The standard InChI is InChI=1S/C13H8Br2FN3O2/c1-21-13(20)12-11(18)6(4-17)5-19(12)10-3-8(15)7(14)2-9(10)16/h2-3,5H,18H2,1H3. The van der Waals surface area contributed by atoms with E-state index in [-0.39, 0.29) is 22.6 Å². The molecular weight excluding hydrogens is 409 g/mol. The second kappa shape index (κ2) is 5.87. The zero-order chi connectivity index (χ0) is 15.7. The Morgan fingerprint density at radius 1 is 1.43 bits per heavy atom. The number of hydrogen-bond donors (Lipinski definition) is 1.